The minimum absolute atomic E-state index is 0.499. The molecule has 11 heavy (non-hydrogen) atoms. The van der Waals surface area contributed by atoms with Crippen molar-refractivity contribution in [3.8, 4) is 0 Å². The average molecular weight is 157 g/mol. The van der Waals surface area contributed by atoms with Gasteiger partial charge in [-0.3, -0.25) is 0 Å². The third-order valence-corrected chi connectivity index (χ3v) is 2.29. The van der Waals surface area contributed by atoms with E-state index >= 15 is 0 Å². The molecule has 1 rings (SSSR count). The van der Waals surface area contributed by atoms with Crippen molar-refractivity contribution in [2.75, 3.05) is 20.3 Å². The van der Waals surface area contributed by atoms with Crippen LogP contribution in [0.5, 0.6) is 0 Å². The van der Waals surface area contributed by atoms with Crippen LogP contribution in [0.3, 0.4) is 0 Å². The second-order valence-corrected chi connectivity index (χ2v) is 3.97. The van der Waals surface area contributed by atoms with Crippen molar-refractivity contribution < 1.29 is 4.74 Å². The lowest BCUT2D eigenvalue weighted by Gasteiger charge is -2.16. The van der Waals surface area contributed by atoms with Gasteiger partial charge in [0.05, 0.1) is 6.61 Å². The van der Waals surface area contributed by atoms with Crippen molar-refractivity contribution >= 4 is 0 Å². The van der Waals surface area contributed by atoms with Crippen LogP contribution >= 0.6 is 0 Å². The minimum Gasteiger partial charge on any atom is -0.384 e. The lowest BCUT2D eigenvalue weighted by atomic mass is 10.1. The van der Waals surface area contributed by atoms with E-state index in [1.54, 1.807) is 7.11 Å². The fourth-order valence-electron chi connectivity index (χ4n) is 1.28. The van der Waals surface area contributed by atoms with Gasteiger partial charge in [-0.1, -0.05) is 13.8 Å². The van der Waals surface area contributed by atoms with Gasteiger partial charge in [-0.15, -0.1) is 0 Å². The van der Waals surface area contributed by atoms with E-state index < -0.39 is 0 Å². The molecule has 0 radical (unpaired) electrons. The molecule has 2 heteroatoms. The van der Waals surface area contributed by atoms with Crippen LogP contribution in [0.15, 0.2) is 0 Å². The largest absolute Gasteiger partial charge is 0.384 e. The Morgan fingerprint density at radius 2 is 2.09 bits per heavy atom. The lowest BCUT2D eigenvalue weighted by Crippen LogP contribution is -2.31. The molecule has 1 fully saturated rings. The Bertz CT molecular complexity index is 119. The first-order valence-electron chi connectivity index (χ1n) is 4.41. The molecule has 0 spiro atoms. The van der Waals surface area contributed by atoms with Gasteiger partial charge >= 0.3 is 0 Å². The number of rotatable bonds is 5. The van der Waals surface area contributed by atoms with Crippen LogP contribution in [0.1, 0.15) is 26.7 Å². The predicted molar refractivity (Wildman–Crippen MR) is 46.7 cm³/mol. The number of methoxy groups -OCH3 is 1. The molecular formula is C9H19NO. The predicted octanol–water partition coefficient (Wildman–Crippen LogP) is 1.41. The van der Waals surface area contributed by atoms with Crippen LogP contribution in [0.4, 0.5) is 0 Å². The van der Waals surface area contributed by atoms with Gasteiger partial charge in [0.15, 0.2) is 0 Å². The molecule has 0 aliphatic heterocycles. The number of nitrogens with one attached hydrogen (secondary N) is 1. The molecule has 0 unspecified atom stereocenters. The fourth-order valence-corrected chi connectivity index (χ4v) is 1.28. The molecule has 66 valence electrons. The normalized spacial score (nSPS) is 20.7. The zero-order valence-corrected chi connectivity index (χ0v) is 7.81. The molecule has 1 N–H and O–H groups in total. The van der Waals surface area contributed by atoms with Crippen LogP contribution in [-0.2, 0) is 4.74 Å². The molecule has 2 nitrogen and oxygen atoms in total. The maximum absolute atomic E-state index is 5.16. The SMILES string of the molecule is COCC1(CNC(C)C)CC1. The lowest BCUT2D eigenvalue weighted by molar-refractivity contribution is 0.138. The zero-order chi connectivity index (χ0) is 8.32. The van der Waals surface area contributed by atoms with Gasteiger partial charge in [-0.05, 0) is 12.8 Å². The van der Waals surface area contributed by atoms with Gasteiger partial charge < -0.3 is 10.1 Å². The van der Waals surface area contributed by atoms with Crippen LogP contribution in [0, 0.1) is 5.41 Å². The topological polar surface area (TPSA) is 21.3 Å². The van der Waals surface area contributed by atoms with Gasteiger partial charge in [0.2, 0.25) is 0 Å². The number of ether oxygens (including phenoxy) is 1. The van der Waals surface area contributed by atoms with E-state index in [4.69, 9.17) is 4.74 Å². The molecule has 1 aliphatic carbocycles. The van der Waals surface area contributed by atoms with E-state index in [1.807, 2.05) is 0 Å². The molecule has 1 aliphatic rings. The first-order valence-corrected chi connectivity index (χ1v) is 4.41. The van der Waals surface area contributed by atoms with Crippen LogP contribution in [-0.4, -0.2) is 26.3 Å². The molecule has 0 aromatic rings. The Hall–Kier alpha value is -0.0800. The standard InChI is InChI=1S/C9H19NO/c1-8(2)10-6-9(4-5-9)7-11-3/h8,10H,4-7H2,1-3H3. The first-order chi connectivity index (χ1) is 5.18. The van der Waals surface area contributed by atoms with Gasteiger partial charge in [-0.2, -0.15) is 0 Å². The maximum atomic E-state index is 5.16. The smallest absolute Gasteiger partial charge is 0.0530 e. The van der Waals surface area contributed by atoms with E-state index in [9.17, 15) is 0 Å². The summed E-state index contributed by atoms with van der Waals surface area (Å²) in [6.45, 7) is 6.41. The summed E-state index contributed by atoms with van der Waals surface area (Å²) in [5.41, 5.74) is 0.499. The highest BCUT2D eigenvalue weighted by atomic mass is 16.5. The summed E-state index contributed by atoms with van der Waals surface area (Å²) in [6, 6.07) is 0.601. The second-order valence-electron chi connectivity index (χ2n) is 3.97. The Labute approximate surface area is 69.3 Å². The third kappa shape index (κ3) is 2.80. The number of hydrogen-bond acceptors (Lipinski definition) is 2. The maximum Gasteiger partial charge on any atom is 0.0530 e. The fraction of sp³-hybridized carbons (Fsp3) is 1.00. The summed E-state index contributed by atoms with van der Waals surface area (Å²) in [5, 5.41) is 3.45. The molecule has 1 saturated carbocycles. The van der Waals surface area contributed by atoms with E-state index in [1.165, 1.54) is 12.8 Å². The molecule has 0 aromatic heterocycles. The first kappa shape index (κ1) is 9.01. The summed E-state index contributed by atoms with van der Waals surface area (Å²) < 4.78 is 5.16. The van der Waals surface area contributed by atoms with Gasteiger partial charge in [-0.25, -0.2) is 0 Å². The van der Waals surface area contributed by atoms with E-state index in [2.05, 4.69) is 19.2 Å². The van der Waals surface area contributed by atoms with Crippen LogP contribution < -0.4 is 5.32 Å². The molecule has 0 amide bonds. The summed E-state index contributed by atoms with van der Waals surface area (Å²) >= 11 is 0. The Morgan fingerprint density at radius 1 is 1.45 bits per heavy atom. The minimum atomic E-state index is 0.499. The highest BCUT2D eigenvalue weighted by Gasteiger charge is 2.42. The monoisotopic (exact) mass is 157 g/mol. The van der Waals surface area contributed by atoms with E-state index in [-0.39, 0.29) is 0 Å². The van der Waals surface area contributed by atoms with Crippen LogP contribution in [0.25, 0.3) is 0 Å². The van der Waals surface area contributed by atoms with Crippen molar-refractivity contribution in [3.05, 3.63) is 0 Å². The van der Waals surface area contributed by atoms with Crippen molar-refractivity contribution in [2.45, 2.75) is 32.7 Å². The van der Waals surface area contributed by atoms with Gasteiger partial charge in [0, 0.05) is 25.1 Å². The molecular weight excluding hydrogens is 138 g/mol. The van der Waals surface area contributed by atoms with Gasteiger partial charge in [0.25, 0.3) is 0 Å². The summed E-state index contributed by atoms with van der Waals surface area (Å²) in [6.07, 6.45) is 2.67. The molecule has 0 heterocycles. The van der Waals surface area contributed by atoms with Crippen molar-refractivity contribution in [1.29, 1.82) is 0 Å². The van der Waals surface area contributed by atoms with Crippen LogP contribution in [0.2, 0.25) is 0 Å². The molecule has 0 bridgehead atoms. The Kier molecular flexibility index (Phi) is 2.90. The third-order valence-electron chi connectivity index (χ3n) is 2.29. The zero-order valence-electron chi connectivity index (χ0n) is 7.81. The van der Waals surface area contributed by atoms with E-state index in [0.717, 1.165) is 13.2 Å². The Balaban J connectivity index is 2.14. The molecule has 0 aromatic carbocycles. The summed E-state index contributed by atoms with van der Waals surface area (Å²) in [7, 11) is 1.79. The molecule has 0 saturated heterocycles. The van der Waals surface area contributed by atoms with Crippen molar-refractivity contribution in [3.63, 3.8) is 0 Å². The Morgan fingerprint density at radius 3 is 2.45 bits per heavy atom. The second kappa shape index (κ2) is 3.55. The highest BCUT2D eigenvalue weighted by molar-refractivity contribution is 4.94. The average Bonchev–Trinajstić information content (AvgIpc) is 2.67. The van der Waals surface area contributed by atoms with Crippen molar-refractivity contribution in [2.24, 2.45) is 5.41 Å². The van der Waals surface area contributed by atoms with E-state index in [0.29, 0.717) is 11.5 Å². The summed E-state index contributed by atoms with van der Waals surface area (Å²) in [4.78, 5) is 0. The van der Waals surface area contributed by atoms with Gasteiger partial charge in [0.1, 0.15) is 0 Å². The highest BCUT2D eigenvalue weighted by Crippen LogP contribution is 2.45. The van der Waals surface area contributed by atoms with Crippen molar-refractivity contribution in [1.82, 2.24) is 5.32 Å². The number of hydrogen-bond donors (Lipinski definition) is 1. The summed E-state index contributed by atoms with van der Waals surface area (Å²) in [5.74, 6) is 0. The quantitative estimate of drug-likeness (QED) is 0.651. The molecule has 0 atom stereocenters.